The maximum absolute atomic E-state index is 10.6. The molecule has 0 bridgehead atoms. The van der Waals surface area contributed by atoms with E-state index in [1.807, 2.05) is 12.1 Å². The Labute approximate surface area is 124 Å². The Kier molecular flexibility index (Phi) is 4.70. The first-order chi connectivity index (χ1) is 9.56. The minimum atomic E-state index is -0.418. The van der Waals surface area contributed by atoms with E-state index in [0.717, 1.165) is 11.1 Å². The average Bonchev–Trinajstić information content (AvgIpc) is 2.42. The molecule has 20 heavy (non-hydrogen) atoms. The fraction of sp³-hybridized carbons (Fsp3) is 0.143. The Morgan fingerprint density at radius 2 is 1.85 bits per heavy atom. The lowest BCUT2D eigenvalue weighted by Gasteiger charge is -2.07. The molecule has 2 rings (SSSR count). The van der Waals surface area contributed by atoms with E-state index in [1.54, 1.807) is 18.2 Å². The van der Waals surface area contributed by atoms with Crippen LogP contribution in [0.25, 0.3) is 0 Å². The molecule has 0 amide bonds. The number of phenols is 1. The predicted molar refractivity (Wildman–Crippen MR) is 79.4 cm³/mol. The Balaban J connectivity index is 1.94. The van der Waals surface area contributed by atoms with Crippen molar-refractivity contribution in [1.29, 1.82) is 0 Å². The molecule has 0 saturated heterocycles. The van der Waals surface area contributed by atoms with E-state index in [0.29, 0.717) is 17.6 Å². The third-order valence-corrected chi connectivity index (χ3v) is 3.57. The van der Waals surface area contributed by atoms with E-state index < -0.39 is 4.92 Å². The van der Waals surface area contributed by atoms with E-state index in [9.17, 15) is 15.2 Å². The lowest BCUT2D eigenvalue weighted by Crippen LogP contribution is -2.13. The molecule has 0 aromatic heterocycles. The smallest absolute Gasteiger partial charge is 0.270 e. The minimum Gasteiger partial charge on any atom is -0.508 e. The van der Waals surface area contributed by atoms with Gasteiger partial charge in [0.2, 0.25) is 0 Å². The van der Waals surface area contributed by atoms with Crippen LogP contribution in [0.2, 0.25) is 0 Å². The Morgan fingerprint density at radius 1 is 1.15 bits per heavy atom. The van der Waals surface area contributed by atoms with Crippen molar-refractivity contribution in [3.05, 3.63) is 68.2 Å². The average molecular weight is 337 g/mol. The third-order valence-electron chi connectivity index (χ3n) is 2.83. The molecular weight excluding hydrogens is 324 g/mol. The monoisotopic (exact) mass is 336 g/mol. The van der Waals surface area contributed by atoms with Crippen LogP contribution in [0.15, 0.2) is 46.9 Å². The number of benzene rings is 2. The zero-order valence-electron chi connectivity index (χ0n) is 10.5. The first-order valence-corrected chi connectivity index (χ1v) is 6.77. The van der Waals surface area contributed by atoms with Crippen molar-refractivity contribution in [2.75, 3.05) is 0 Å². The molecule has 5 nitrogen and oxygen atoms in total. The minimum absolute atomic E-state index is 0.0687. The molecule has 0 aliphatic carbocycles. The second kappa shape index (κ2) is 6.49. The number of nitrogens with zero attached hydrogens (tertiary/aromatic N) is 1. The molecule has 0 fully saturated rings. The summed E-state index contributed by atoms with van der Waals surface area (Å²) in [5.41, 5.74) is 2.08. The molecule has 0 aliphatic rings. The standard InChI is InChI=1S/C14H13BrN2O3/c15-14-7-12(17(19)20)4-3-11(14)9-16-8-10-1-5-13(18)6-2-10/h1-7,16,18H,8-9H2. The molecule has 6 heteroatoms. The molecular formula is C14H13BrN2O3. The molecule has 0 radical (unpaired) electrons. The zero-order chi connectivity index (χ0) is 14.5. The molecule has 0 aliphatic heterocycles. The number of nitro benzene ring substituents is 1. The lowest BCUT2D eigenvalue weighted by molar-refractivity contribution is -0.384. The number of phenolic OH excluding ortho intramolecular Hbond substituents is 1. The quantitative estimate of drug-likeness (QED) is 0.648. The van der Waals surface area contributed by atoms with E-state index >= 15 is 0 Å². The van der Waals surface area contributed by atoms with Crippen LogP contribution in [0, 0.1) is 10.1 Å². The number of rotatable bonds is 5. The molecule has 0 atom stereocenters. The van der Waals surface area contributed by atoms with Gasteiger partial charge in [0.1, 0.15) is 5.75 Å². The van der Waals surface area contributed by atoms with Crippen LogP contribution in [-0.4, -0.2) is 10.0 Å². The third kappa shape index (κ3) is 3.79. The molecule has 2 N–H and O–H groups in total. The van der Waals surface area contributed by atoms with Gasteiger partial charge in [-0.3, -0.25) is 10.1 Å². The highest BCUT2D eigenvalue weighted by Crippen LogP contribution is 2.23. The summed E-state index contributed by atoms with van der Waals surface area (Å²) in [5.74, 6) is 0.242. The molecule has 0 unspecified atom stereocenters. The highest BCUT2D eigenvalue weighted by atomic mass is 79.9. The van der Waals surface area contributed by atoms with Crippen LogP contribution in [0.1, 0.15) is 11.1 Å². The fourth-order valence-electron chi connectivity index (χ4n) is 1.75. The molecule has 0 saturated carbocycles. The topological polar surface area (TPSA) is 75.4 Å². The first kappa shape index (κ1) is 14.5. The second-order valence-electron chi connectivity index (χ2n) is 4.30. The second-order valence-corrected chi connectivity index (χ2v) is 5.16. The first-order valence-electron chi connectivity index (χ1n) is 5.97. The van der Waals surface area contributed by atoms with Crippen LogP contribution in [0.4, 0.5) is 5.69 Å². The van der Waals surface area contributed by atoms with Crippen molar-refractivity contribution in [2.24, 2.45) is 0 Å². The Hall–Kier alpha value is -1.92. The van der Waals surface area contributed by atoms with Gasteiger partial charge in [0.15, 0.2) is 0 Å². The van der Waals surface area contributed by atoms with Gasteiger partial charge in [-0.1, -0.05) is 28.1 Å². The van der Waals surface area contributed by atoms with Crippen molar-refractivity contribution in [1.82, 2.24) is 5.32 Å². The van der Waals surface area contributed by atoms with E-state index in [1.165, 1.54) is 12.1 Å². The van der Waals surface area contributed by atoms with E-state index in [-0.39, 0.29) is 11.4 Å². The van der Waals surface area contributed by atoms with Crippen molar-refractivity contribution in [2.45, 2.75) is 13.1 Å². The van der Waals surface area contributed by atoms with Crippen molar-refractivity contribution < 1.29 is 10.0 Å². The van der Waals surface area contributed by atoms with Gasteiger partial charge in [0, 0.05) is 29.7 Å². The van der Waals surface area contributed by atoms with Crippen molar-refractivity contribution in [3.8, 4) is 5.75 Å². The highest BCUT2D eigenvalue weighted by Gasteiger charge is 2.08. The van der Waals surface area contributed by atoms with Gasteiger partial charge in [-0.15, -0.1) is 0 Å². The normalized spacial score (nSPS) is 10.4. The van der Waals surface area contributed by atoms with E-state index in [2.05, 4.69) is 21.2 Å². The van der Waals surface area contributed by atoms with Gasteiger partial charge < -0.3 is 10.4 Å². The van der Waals surface area contributed by atoms with Gasteiger partial charge in [0.05, 0.1) is 4.92 Å². The molecule has 104 valence electrons. The number of aromatic hydroxyl groups is 1. The predicted octanol–water partition coefficient (Wildman–Crippen LogP) is 3.35. The largest absolute Gasteiger partial charge is 0.508 e. The Morgan fingerprint density at radius 3 is 2.45 bits per heavy atom. The van der Waals surface area contributed by atoms with Crippen molar-refractivity contribution in [3.63, 3.8) is 0 Å². The zero-order valence-corrected chi connectivity index (χ0v) is 12.1. The number of nitrogens with one attached hydrogen (secondary N) is 1. The number of non-ortho nitro benzene ring substituents is 1. The summed E-state index contributed by atoms with van der Waals surface area (Å²) < 4.78 is 0.713. The Bertz CT molecular complexity index is 614. The van der Waals surface area contributed by atoms with Crippen LogP contribution < -0.4 is 5.32 Å². The lowest BCUT2D eigenvalue weighted by atomic mass is 10.2. The maximum Gasteiger partial charge on any atom is 0.270 e. The summed E-state index contributed by atoms with van der Waals surface area (Å²) in [6.07, 6.45) is 0. The SMILES string of the molecule is O=[N+]([O-])c1ccc(CNCc2ccc(O)cc2)c(Br)c1. The molecule has 0 spiro atoms. The molecule has 2 aromatic rings. The summed E-state index contributed by atoms with van der Waals surface area (Å²) in [4.78, 5) is 10.2. The highest BCUT2D eigenvalue weighted by molar-refractivity contribution is 9.10. The van der Waals surface area contributed by atoms with Gasteiger partial charge >= 0.3 is 0 Å². The summed E-state index contributed by atoms with van der Waals surface area (Å²) in [6.45, 7) is 1.25. The van der Waals surface area contributed by atoms with Crippen LogP contribution in [0.5, 0.6) is 5.75 Å². The van der Waals surface area contributed by atoms with Crippen LogP contribution in [0.3, 0.4) is 0 Å². The number of nitro groups is 1. The van der Waals surface area contributed by atoms with Crippen molar-refractivity contribution >= 4 is 21.6 Å². The fourth-order valence-corrected chi connectivity index (χ4v) is 2.26. The van der Waals surface area contributed by atoms with E-state index in [4.69, 9.17) is 0 Å². The summed E-state index contributed by atoms with van der Waals surface area (Å²) in [7, 11) is 0. The summed E-state index contributed by atoms with van der Waals surface area (Å²) >= 11 is 3.33. The van der Waals surface area contributed by atoms with Gasteiger partial charge in [0.25, 0.3) is 5.69 Å². The number of hydrogen-bond donors (Lipinski definition) is 2. The number of halogens is 1. The number of hydrogen-bond acceptors (Lipinski definition) is 4. The van der Waals surface area contributed by atoms with Gasteiger partial charge in [-0.2, -0.15) is 0 Å². The summed E-state index contributed by atoms with van der Waals surface area (Å²) in [5, 5.41) is 23.1. The summed E-state index contributed by atoms with van der Waals surface area (Å²) in [6, 6.07) is 11.7. The maximum atomic E-state index is 10.6. The molecule has 2 aromatic carbocycles. The van der Waals surface area contributed by atoms with Crippen LogP contribution in [-0.2, 0) is 13.1 Å². The van der Waals surface area contributed by atoms with Gasteiger partial charge in [-0.05, 0) is 29.3 Å². The van der Waals surface area contributed by atoms with Gasteiger partial charge in [-0.25, -0.2) is 0 Å². The van der Waals surface area contributed by atoms with Crippen LogP contribution >= 0.6 is 15.9 Å². The molecule has 0 heterocycles.